The van der Waals surface area contributed by atoms with E-state index in [4.69, 9.17) is 9.47 Å². The quantitative estimate of drug-likeness (QED) is 0.530. The summed E-state index contributed by atoms with van der Waals surface area (Å²) in [5.41, 5.74) is 2.76. The minimum absolute atomic E-state index is 0.177. The maximum Gasteiger partial charge on any atom is 0.244 e. The highest BCUT2D eigenvalue weighted by Crippen LogP contribution is 2.30. The molecule has 0 bridgehead atoms. The fourth-order valence-electron chi connectivity index (χ4n) is 3.00. The van der Waals surface area contributed by atoms with Crippen LogP contribution >= 0.6 is 0 Å². The van der Waals surface area contributed by atoms with Crippen LogP contribution in [-0.4, -0.2) is 28.9 Å². The van der Waals surface area contributed by atoms with Gasteiger partial charge in [-0.1, -0.05) is 24.3 Å². The zero-order valence-corrected chi connectivity index (χ0v) is 17.5. The summed E-state index contributed by atoms with van der Waals surface area (Å²) in [6.07, 6.45) is 6.86. The standard InChI is InChI=1S/C24H27N3O3/c1-4-29-22-13-12-20(15-23(22)30-5-2)18(3)26-24(28)14-11-19-16-25-27(17-19)21-9-7-6-8-10-21/h6-18H,4-5H2,1-3H3,(H,26,28)/b14-11+/t18-/m0/s1. The SMILES string of the molecule is CCOc1ccc([C@H](C)NC(=O)/C=C/c2cnn(-c3ccccc3)c2)cc1OCC. The summed E-state index contributed by atoms with van der Waals surface area (Å²) in [5, 5.41) is 7.31. The Morgan fingerprint density at radius 2 is 1.83 bits per heavy atom. The Labute approximate surface area is 177 Å². The molecule has 0 unspecified atom stereocenters. The molecule has 0 spiro atoms. The Bertz CT molecular complexity index is 996. The normalized spacial score (nSPS) is 12.0. The summed E-state index contributed by atoms with van der Waals surface area (Å²) in [4.78, 5) is 12.4. The molecule has 3 aromatic rings. The molecule has 3 rings (SSSR count). The van der Waals surface area contributed by atoms with E-state index in [0.717, 1.165) is 16.8 Å². The largest absolute Gasteiger partial charge is 0.490 e. The van der Waals surface area contributed by atoms with E-state index >= 15 is 0 Å². The minimum atomic E-state index is -0.179. The number of aromatic nitrogens is 2. The molecular formula is C24H27N3O3. The van der Waals surface area contributed by atoms with Gasteiger partial charge in [-0.25, -0.2) is 4.68 Å². The minimum Gasteiger partial charge on any atom is -0.490 e. The van der Waals surface area contributed by atoms with Crippen LogP contribution in [0.5, 0.6) is 11.5 Å². The Balaban J connectivity index is 1.63. The number of carbonyl (C=O) groups excluding carboxylic acids is 1. The van der Waals surface area contributed by atoms with E-state index in [0.29, 0.717) is 24.7 Å². The smallest absolute Gasteiger partial charge is 0.244 e. The Kier molecular flexibility index (Phi) is 7.27. The van der Waals surface area contributed by atoms with Crippen LogP contribution in [-0.2, 0) is 4.79 Å². The fourth-order valence-corrected chi connectivity index (χ4v) is 3.00. The van der Waals surface area contributed by atoms with Gasteiger partial charge in [0.1, 0.15) is 0 Å². The third kappa shape index (κ3) is 5.50. The molecule has 0 radical (unpaired) electrons. The molecule has 0 aliphatic carbocycles. The molecule has 6 heteroatoms. The summed E-state index contributed by atoms with van der Waals surface area (Å²) in [5.74, 6) is 1.21. The van der Waals surface area contributed by atoms with Crippen LogP contribution in [0.4, 0.5) is 0 Å². The van der Waals surface area contributed by atoms with Gasteiger partial charge in [0.05, 0.1) is 31.1 Å². The zero-order valence-electron chi connectivity index (χ0n) is 17.5. The van der Waals surface area contributed by atoms with Gasteiger partial charge >= 0.3 is 0 Å². The van der Waals surface area contributed by atoms with Gasteiger partial charge in [0.15, 0.2) is 11.5 Å². The van der Waals surface area contributed by atoms with Crippen molar-refractivity contribution in [1.29, 1.82) is 0 Å². The second kappa shape index (κ2) is 10.3. The number of ether oxygens (including phenoxy) is 2. The lowest BCUT2D eigenvalue weighted by molar-refractivity contribution is -0.117. The van der Waals surface area contributed by atoms with Gasteiger partial charge in [0.25, 0.3) is 0 Å². The van der Waals surface area contributed by atoms with Crippen molar-refractivity contribution in [2.75, 3.05) is 13.2 Å². The molecule has 2 aromatic carbocycles. The van der Waals surface area contributed by atoms with E-state index in [1.54, 1.807) is 17.0 Å². The molecule has 0 aliphatic rings. The predicted octanol–water partition coefficient (Wildman–Crippen LogP) is 4.56. The number of hydrogen-bond acceptors (Lipinski definition) is 4. The third-order valence-corrected chi connectivity index (χ3v) is 4.48. The van der Waals surface area contributed by atoms with Crippen LogP contribution in [0.2, 0.25) is 0 Å². The zero-order chi connectivity index (χ0) is 21.3. The van der Waals surface area contributed by atoms with Crippen LogP contribution in [0.3, 0.4) is 0 Å². The van der Waals surface area contributed by atoms with Gasteiger partial charge in [-0.05, 0) is 56.7 Å². The summed E-state index contributed by atoms with van der Waals surface area (Å²) in [7, 11) is 0. The number of nitrogens with one attached hydrogen (secondary N) is 1. The molecule has 6 nitrogen and oxygen atoms in total. The van der Waals surface area contributed by atoms with Crippen molar-refractivity contribution in [3.63, 3.8) is 0 Å². The summed E-state index contributed by atoms with van der Waals surface area (Å²) in [6.45, 7) is 6.91. The average molecular weight is 405 g/mol. The summed E-state index contributed by atoms with van der Waals surface area (Å²) < 4.78 is 13.0. The number of para-hydroxylation sites is 1. The fraction of sp³-hybridized carbons (Fsp3) is 0.250. The number of amides is 1. The van der Waals surface area contributed by atoms with E-state index < -0.39 is 0 Å². The first-order chi connectivity index (χ1) is 14.6. The molecule has 1 atom stereocenters. The highest BCUT2D eigenvalue weighted by Gasteiger charge is 2.12. The lowest BCUT2D eigenvalue weighted by atomic mass is 10.1. The molecule has 0 saturated heterocycles. The summed E-state index contributed by atoms with van der Waals surface area (Å²) in [6, 6.07) is 15.4. The van der Waals surface area contributed by atoms with E-state index in [1.165, 1.54) is 6.08 Å². The highest BCUT2D eigenvalue weighted by atomic mass is 16.5. The number of carbonyl (C=O) groups is 1. The second-order valence-electron chi connectivity index (χ2n) is 6.69. The van der Waals surface area contributed by atoms with Gasteiger partial charge in [-0.15, -0.1) is 0 Å². The van der Waals surface area contributed by atoms with Crippen molar-refractivity contribution in [1.82, 2.24) is 15.1 Å². The number of nitrogens with zero attached hydrogens (tertiary/aromatic N) is 2. The van der Waals surface area contributed by atoms with Crippen LogP contribution in [0.1, 0.15) is 37.9 Å². The molecule has 0 fully saturated rings. The maximum atomic E-state index is 12.4. The molecule has 30 heavy (non-hydrogen) atoms. The Hall–Kier alpha value is -3.54. The van der Waals surface area contributed by atoms with E-state index in [1.807, 2.05) is 75.5 Å². The van der Waals surface area contributed by atoms with Gasteiger partial charge in [-0.3, -0.25) is 4.79 Å². The molecule has 1 N–H and O–H groups in total. The molecule has 1 amide bonds. The van der Waals surface area contributed by atoms with Crippen molar-refractivity contribution in [3.8, 4) is 17.2 Å². The molecular weight excluding hydrogens is 378 g/mol. The van der Waals surface area contributed by atoms with Crippen molar-refractivity contribution in [3.05, 3.63) is 78.1 Å². The van der Waals surface area contributed by atoms with Gasteiger partial charge < -0.3 is 14.8 Å². The second-order valence-corrected chi connectivity index (χ2v) is 6.69. The Morgan fingerprint density at radius 1 is 1.10 bits per heavy atom. The Morgan fingerprint density at radius 3 is 2.57 bits per heavy atom. The van der Waals surface area contributed by atoms with Crippen LogP contribution in [0.15, 0.2) is 67.0 Å². The first-order valence-corrected chi connectivity index (χ1v) is 10.1. The van der Waals surface area contributed by atoms with Crippen LogP contribution in [0, 0.1) is 0 Å². The number of benzene rings is 2. The first-order valence-electron chi connectivity index (χ1n) is 10.1. The molecule has 0 aliphatic heterocycles. The molecule has 156 valence electrons. The molecule has 0 saturated carbocycles. The van der Waals surface area contributed by atoms with Crippen molar-refractivity contribution in [2.24, 2.45) is 0 Å². The average Bonchev–Trinajstić information content (AvgIpc) is 3.23. The lowest BCUT2D eigenvalue weighted by Crippen LogP contribution is -2.24. The van der Waals surface area contributed by atoms with E-state index in [9.17, 15) is 4.79 Å². The monoisotopic (exact) mass is 405 g/mol. The topological polar surface area (TPSA) is 65.4 Å². The van der Waals surface area contributed by atoms with Crippen molar-refractivity contribution < 1.29 is 14.3 Å². The summed E-state index contributed by atoms with van der Waals surface area (Å²) >= 11 is 0. The molecule has 1 heterocycles. The maximum absolute atomic E-state index is 12.4. The van der Waals surface area contributed by atoms with Crippen molar-refractivity contribution in [2.45, 2.75) is 26.8 Å². The van der Waals surface area contributed by atoms with Crippen LogP contribution < -0.4 is 14.8 Å². The van der Waals surface area contributed by atoms with Gasteiger partial charge in [0.2, 0.25) is 5.91 Å². The van der Waals surface area contributed by atoms with Crippen molar-refractivity contribution >= 4 is 12.0 Å². The van der Waals surface area contributed by atoms with E-state index in [-0.39, 0.29) is 11.9 Å². The lowest BCUT2D eigenvalue weighted by Gasteiger charge is -2.17. The van der Waals surface area contributed by atoms with Crippen LogP contribution in [0.25, 0.3) is 11.8 Å². The number of hydrogen-bond donors (Lipinski definition) is 1. The number of rotatable bonds is 9. The van der Waals surface area contributed by atoms with E-state index in [2.05, 4.69) is 10.4 Å². The first kappa shape index (κ1) is 21.2. The highest BCUT2D eigenvalue weighted by molar-refractivity contribution is 5.91. The third-order valence-electron chi connectivity index (χ3n) is 4.48. The van der Waals surface area contributed by atoms with Gasteiger partial charge in [-0.2, -0.15) is 5.10 Å². The van der Waals surface area contributed by atoms with Gasteiger partial charge in [0, 0.05) is 17.8 Å². The molecule has 1 aromatic heterocycles. The predicted molar refractivity (Wildman–Crippen MR) is 118 cm³/mol.